The number of aromatic nitrogens is 3. The van der Waals surface area contributed by atoms with Crippen LogP contribution in [0.25, 0.3) is 16.7 Å². The number of hydrogen-bond acceptors (Lipinski definition) is 5. The van der Waals surface area contributed by atoms with Gasteiger partial charge in [-0.25, -0.2) is 9.97 Å². The van der Waals surface area contributed by atoms with Gasteiger partial charge < -0.3 is 4.18 Å². The Morgan fingerprint density at radius 1 is 1.27 bits per heavy atom. The minimum Gasteiger partial charge on any atom is -0.351 e. The summed E-state index contributed by atoms with van der Waals surface area (Å²) >= 11 is 3.26. The van der Waals surface area contributed by atoms with Gasteiger partial charge in [-0.1, -0.05) is 15.9 Å². The van der Waals surface area contributed by atoms with E-state index in [1.54, 1.807) is 12.1 Å². The second kappa shape index (κ2) is 4.81. The molecule has 0 aliphatic rings. The molecule has 0 spiro atoms. The van der Waals surface area contributed by atoms with Crippen molar-refractivity contribution >= 4 is 42.7 Å². The third-order valence-electron chi connectivity index (χ3n) is 2.72. The molecule has 0 radical (unpaired) electrons. The van der Waals surface area contributed by atoms with Gasteiger partial charge in [0.25, 0.3) is 5.88 Å². The summed E-state index contributed by atoms with van der Waals surface area (Å²) in [4.78, 5) is 7.60. The largest absolute Gasteiger partial charge is 0.534 e. The Balaban J connectivity index is 2.26. The first-order valence-electron chi connectivity index (χ1n) is 5.62. The molecule has 0 bridgehead atoms. The third kappa shape index (κ3) is 2.39. The lowest BCUT2D eigenvalue weighted by atomic mass is 10.3. The predicted molar refractivity (Wildman–Crippen MR) is 73.8 cm³/mol. The molecule has 0 amide bonds. The van der Waals surface area contributed by atoms with E-state index in [1.807, 2.05) is 0 Å². The molecule has 0 aliphatic carbocycles. The van der Waals surface area contributed by atoms with Crippen molar-refractivity contribution in [3.05, 3.63) is 35.1 Å². The summed E-state index contributed by atoms with van der Waals surface area (Å²) in [6.07, 6.45) is 2.75. The highest BCUT2D eigenvalue weighted by molar-refractivity contribution is 9.10. The van der Waals surface area contributed by atoms with Crippen LogP contribution in [0.15, 0.2) is 35.1 Å². The van der Waals surface area contributed by atoms with Crippen LogP contribution in [0.4, 0.5) is 13.2 Å². The number of rotatable bonds is 2. The minimum absolute atomic E-state index is 0.140. The molecular weight excluding hydrogens is 391 g/mol. The quantitative estimate of drug-likeness (QED) is 0.492. The fourth-order valence-electron chi connectivity index (χ4n) is 1.81. The van der Waals surface area contributed by atoms with Gasteiger partial charge in [-0.3, -0.25) is 4.40 Å². The summed E-state index contributed by atoms with van der Waals surface area (Å²) in [5.41, 5.74) is -4.91. The summed E-state index contributed by atoms with van der Waals surface area (Å²) in [5.74, 6) is -0.739. The third-order valence-corrected chi connectivity index (χ3v) is 4.16. The van der Waals surface area contributed by atoms with Crippen molar-refractivity contribution in [3.8, 4) is 5.88 Å². The maximum absolute atomic E-state index is 12.4. The maximum Gasteiger partial charge on any atom is 0.534 e. The lowest BCUT2D eigenvalue weighted by Crippen LogP contribution is -2.28. The van der Waals surface area contributed by atoms with Crippen LogP contribution in [0.2, 0.25) is 0 Å². The van der Waals surface area contributed by atoms with Crippen LogP contribution in [0.1, 0.15) is 0 Å². The van der Waals surface area contributed by atoms with Crippen LogP contribution < -0.4 is 4.18 Å². The molecule has 2 aromatic heterocycles. The van der Waals surface area contributed by atoms with E-state index >= 15 is 0 Å². The molecule has 0 unspecified atom stereocenters. The Morgan fingerprint density at radius 2 is 2.00 bits per heavy atom. The van der Waals surface area contributed by atoms with Gasteiger partial charge in [0.1, 0.15) is 0 Å². The molecule has 0 N–H and O–H groups in total. The zero-order valence-corrected chi connectivity index (χ0v) is 12.8. The van der Waals surface area contributed by atoms with Crippen molar-refractivity contribution in [1.82, 2.24) is 14.4 Å². The minimum atomic E-state index is -5.82. The van der Waals surface area contributed by atoms with Crippen molar-refractivity contribution in [3.63, 3.8) is 0 Å². The molecule has 116 valence electrons. The second-order valence-electron chi connectivity index (χ2n) is 4.15. The highest BCUT2D eigenvalue weighted by Crippen LogP contribution is 2.30. The summed E-state index contributed by atoms with van der Waals surface area (Å²) in [6, 6.07) is 4.78. The van der Waals surface area contributed by atoms with Crippen molar-refractivity contribution < 1.29 is 25.8 Å². The molecule has 0 atom stereocenters. The first kappa shape index (κ1) is 15.0. The molecule has 11 heteroatoms. The Kier molecular flexibility index (Phi) is 3.29. The van der Waals surface area contributed by atoms with E-state index in [-0.39, 0.29) is 11.2 Å². The number of nitrogens with zero attached hydrogens (tertiary/aromatic N) is 3. The first-order valence-corrected chi connectivity index (χ1v) is 7.82. The summed E-state index contributed by atoms with van der Waals surface area (Å²) < 4.78 is 65.8. The number of hydrogen-bond donors (Lipinski definition) is 0. The molecule has 0 aliphatic heterocycles. The van der Waals surface area contributed by atoms with Crippen LogP contribution in [0.5, 0.6) is 5.88 Å². The number of imidazole rings is 1. The van der Waals surface area contributed by atoms with Crippen molar-refractivity contribution in [2.75, 3.05) is 0 Å². The fourth-order valence-corrected chi connectivity index (χ4v) is 2.57. The number of fused-ring (bicyclic) bond motifs is 3. The van der Waals surface area contributed by atoms with E-state index in [0.29, 0.717) is 9.99 Å². The van der Waals surface area contributed by atoms with Crippen LogP contribution in [-0.4, -0.2) is 28.3 Å². The molecule has 0 fully saturated rings. The molecule has 22 heavy (non-hydrogen) atoms. The second-order valence-corrected chi connectivity index (χ2v) is 6.61. The van der Waals surface area contributed by atoms with E-state index in [0.717, 1.165) is 0 Å². The smallest absolute Gasteiger partial charge is 0.351 e. The average molecular weight is 396 g/mol. The molecule has 0 saturated heterocycles. The van der Waals surface area contributed by atoms with Gasteiger partial charge in [0.15, 0.2) is 0 Å². The average Bonchev–Trinajstić information content (AvgIpc) is 2.87. The molecule has 0 saturated carbocycles. The lowest BCUT2D eigenvalue weighted by molar-refractivity contribution is -0.0500. The van der Waals surface area contributed by atoms with E-state index < -0.39 is 21.5 Å². The molecule has 6 nitrogen and oxygen atoms in total. The van der Waals surface area contributed by atoms with Crippen LogP contribution in [-0.2, 0) is 10.1 Å². The van der Waals surface area contributed by atoms with E-state index in [2.05, 4.69) is 30.1 Å². The fraction of sp³-hybridized carbons (Fsp3) is 0.0909. The van der Waals surface area contributed by atoms with E-state index in [1.165, 1.54) is 22.9 Å². The van der Waals surface area contributed by atoms with E-state index in [9.17, 15) is 21.6 Å². The van der Waals surface area contributed by atoms with Crippen molar-refractivity contribution in [1.29, 1.82) is 0 Å². The van der Waals surface area contributed by atoms with Crippen LogP contribution in [0, 0.1) is 0 Å². The summed E-state index contributed by atoms with van der Waals surface area (Å²) in [7, 11) is -5.82. The Bertz CT molecular complexity index is 985. The van der Waals surface area contributed by atoms with Gasteiger partial charge in [-0.2, -0.15) is 21.6 Å². The topological polar surface area (TPSA) is 73.6 Å². The number of benzene rings is 1. The SMILES string of the molecule is O=S(=O)(Oc1nc2ccc(Br)cc2n2ccnc12)C(F)(F)F. The Labute approximate surface area is 129 Å². The first-order chi connectivity index (χ1) is 10.2. The predicted octanol–water partition coefficient (Wildman–Crippen LogP) is 2.87. The normalized spacial score (nSPS) is 12.9. The molecule has 1 aromatic carbocycles. The molecular formula is C11H5BrF3N3O3S. The number of halogens is 4. The molecule has 3 aromatic rings. The van der Waals surface area contributed by atoms with Gasteiger partial charge in [-0.15, -0.1) is 0 Å². The highest BCUT2D eigenvalue weighted by Gasteiger charge is 2.49. The van der Waals surface area contributed by atoms with Gasteiger partial charge in [0.2, 0.25) is 5.65 Å². The number of alkyl halides is 3. The van der Waals surface area contributed by atoms with Gasteiger partial charge in [0, 0.05) is 16.9 Å². The van der Waals surface area contributed by atoms with Gasteiger partial charge in [-0.05, 0) is 18.2 Å². The zero-order valence-electron chi connectivity index (χ0n) is 10.4. The molecule has 3 rings (SSSR count). The van der Waals surface area contributed by atoms with Crippen LogP contribution in [0.3, 0.4) is 0 Å². The molecule has 2 heterocycles. The highest BCUT2D eigenvalue weighted by atomic mass is 79.9. The van der Waals surface area contributed by atoms with Gasteiger partial charge in [0.05, 0.1) is 11.0 Å². The van der Waals surface area contributed by atoms with Crippen LogP contribution >= 0.6 is 15.9 Å². The van der Waals surface area contributed by atoms with Crippen molar-refractivity contribution in [2.24, 2.45) is 0 Å². The Hall–Kier alpha value is -1.88. The van der Waals surface area contributed by atoms with E-state index in [4.69, 9.17) is 0 Å². The Morgan fingerprint density at radius 3 is 2.68 bits per heavy atom. The summed E-state index contributed by atoms with van der Waals surface area (Å²) in [6.45, 7) is 0. The monoisotopic (exact) mass is 395 g/mol. The maximum atomic E-state index is 12.4. The van der Waals surface area contributed by atoms with Gasteiger partial charge >= 0.3 is 15.6 Å². The lowest BCUT2D eigenvalue weighted by Gasteiger charge is -2.10. The van der Waals surface area contributed by atoms with Crippen molar-refractivity contribution in [2.45, 2.75) is 5.51 Å². The standard InChI is InChI=1S/C11H5BrF3N3O3S/c12-6-1-2-7-8(5-6)18-4-3-16-9(18)10(17-7)21-22(19,20)11(13,14)15/h1-5H. The summed E-state index contributed by atoms with van der Waals surface area (Å²) in [5, 5.41) is 0. The zero-order chi connectivity index (χ0) is 16.1.